The van der Waals surface area contributed by atoms with E-state index in [-0.39, 0.29) is 0 Å². The molecule has 0 radical (unpaired) electrons. The molecule has 0 amide bonds. The maximum Gasteiger partial charge on any atom is -0.0134 e. The minimum Gasteiger partial charge on any atom is -0.0622 e. The van der Waals surface area contributed by atoms with Crippen molar-refractivity contribution in [1.82, 2.24) is 0 Å². The van der Waals surface area contributed by atoms with E-state index in [1.54, 1.807) is 0 Å². The van der Waals surface area contributed by atoms with Gasteiger partial charge in [-0.3, -0.25) is 6.08 Å². The molecule has 3 aromatic rings. The zero-order chi connectivity index (χ0) is 20.0. The van der Waals surface area contributed by atoms with Crippen molar-refractivity contribution in [1.29, 1.82) is 0 Å². The van der Waals surface area contributed by atoms with Crippen molar-refractivity contribution in [2.75, 3.05) is 0 Å². The Morgan fingerprint density at radius 2 is 1.14 bits per heavy atom. The number of halogens is 1. The molecule has 1 aliphatic carbocycles. The summed E-state index contributed by atoms with van der Waals surface area (Å²) in [5.41, 5.74) is 1.36. The Hall–Kier alpha value is -1.65. The van der Waals surface area contributed by atoms with E-state index in [4.69, 9.17) is 0 Å². The van der Waals surface area contributed by atoms with Crippen LogP contribution in [-0.2, 0) is 14.6 Å². The summed E-state index contributed by atoms with van der Waals surface area (Å²) in [4.78, 5) is 0. The summed E-state index contributed by atoms with van der Waals surface area (Å²) in [6, 6.07) is 32.3. The van der Waals surface area contributed by atoms with Gasteiger partial charge >= 0.3 is 24.8 Å². The van der Waals surface area contributed by atoms with Gasteiger partial charge in [0, 0.05) is 0 Å². The van der Waals surface area contributed by atoms with E-state index in [2.05, 4.69) is 141 Å². The van der Waals surface area contributed by atoms with Crippen LogP contribution in [-0.4, -0.2) is 0 Å². The molecule has 0 aromatic heterocycles. The molecule has 0 saturated heterocycles. The Kier molecular flexibility index (Phi) is 10.9. The Labute approximate surface area is 182 Å². The molecule has 0 atom stereocenters. The summed E-state index contributed by atoms with van der Waals surface area (Å²) in [6.45, 7) is 2.15. The van der Waals surface area contributed by atoms with Crippen molar-refractivity contribution < 1.29 is 14.6 Å². The van der Waals surface area contributed by atoms with Crippen LogP contribution in [0.25, 0.3) is 0 Å². The van der Waals surface area contributed by atoms with Crippen molar-refractivity contribution in [3.05, 3.63) is 115 Å². The van der Waals surface area contributed by atoms with Gasteiger partial charge in [0.05, 0.1) is 0 Å². The SMILES string of the molecule is CCC1=[C-]CC=C1.[Cl][Ni].c1ccc(P(c2ccccc2)c2ccccc2)cc1. The second kappa shape index (κ2) is 13.5. The molecule has 0 N–H and O–H groups in total. The quantitative estimate of drug-likeness (QED) is 0.252. The zero-order valence-electron chi connectivity index (χ0n) is 15.9. The number of benzene rings is 3. The first kappa shape index (κ1) is 22.6. The molecule has 0 fully saturated rings. The van der Waals surface area contributed by atoms with Gasteiger partial charge in [-0.25, -0.2) is 11.6 Å². The monoisotopic (exact) mass is 448 g/mol. The molecule has 0 heterocycles. The molecule has 0 bridgehead atoms. The fourth-order valence-electron chi connectivity index (χ4n) is 2.87. The van der Waals surface area contributed by atoms with Gasteiger partial charge < -0.3 is 0 Å². The second-order valence-electron chi connectivity index (χ2n) is 6.00. The number of hydrogen-bond acceptors (Lipinski definition) is 0. The molecule has 1 aliphatic rings. The van der Waals surface area contributed by atoms with E-state index in [0.29, 0.717) is 0 Å². The molecular weight excluding hydrogens is 425 g/mol. The first-order valence-electron chi connectivity index (χ1n) is 9.22. The van der Waals surface area contributed by atoms with E-state index < -0.39 is 7.92 Å². The molecule has 0 nitrogen and oxygen atoms in total. The predicted molar refractivity (Wildman–Crippen MR) is 122 cm³/mol. The summed E-state index contributed by atoms with van der Waals surface area (Å²) in [6.07, 6.45) is 9.65. The fourth-order valence-corrected chi connectivity index (χ4v) is 5.18. The summed E-state index contributed by atoms with van der Waals surface area (Å²) in [7, 11) is 3.82. The van der Waals surface area contributed by atoms with Crippen molar-refractivity contribution in [2.45, 2.75) is 19.8 Å². The summed E-state index contributed by atoms with van der Waals surface area (Å²) in [5.74, 6) is 0. The van der Waals surface area contributed by atoms with Gasteiger partial charge in [-0.05, 0) is 23.8 Å². The van der Waals surface area contributed by atoms with Crippen LogP contribution >= 0.6 is 18.1 Å². The first-order valence-corrected chi connectivity index (χ1v) is 11.9. The minimum atomic E-state index is -0.446. The molecule has 28 heavy (non-hydrogen) atoms. The van der Waals surface area contributed by atoms with E-state index in [1.807, 2.05) is 0 Å². The molecule has 3 heteroatoms. The molecule has 0 aliphatic heterocycles. The summed E-state index contributed by atoms with van der Waals surface area (Å²) in [5, 5.41) is 4.19. The molecule has 0 spiro atoms. The van der Waals surface area contributed by atoms with E-state index in [9.17, 15) is 0 Å². The Morgan fingerprint density at radius 1 is 0.750 bits per heavy atom. The van der Waals surface area contributed by atoms with Crippen LogP contribution in [0.4, 0.5) is 0 Å². The third-order valence-electron chi connectivity index (χ3n) is 4.19. The smallest absolute Gasteiger partial charge is 0.0134 e. The van der Waals surface area contributed by atoms with Gasteiger partial charge in [0.2, 0.25) is 0 Å². The standard InChI is InChI=1S/C18H15P.C7H9.ClH.Ni/c1-4-10-16(11-5-1)19(17-12-6-2-7-13-17)18-14-8-3-9-15-18;1-2-7-5-3-4-6-7;;/h1-15H;3,5H,2,4H2,1H3;1H;/q;-1;;+1/p-1. The van der Waals surface area contributed by atoms with Gasteiger partial charge in [-0.1, -0.05) is 104 Å². The van der Waals surface area contributed by atoms with Gasteiger partial charge in [0.25, 0.3) is 0 Å². The molecule has 3 aromatic carbocycles. The molecule has 0 saturated carbocycles. The minimum absolute atomic E-state index is 0.446. The van der Waals surface area contributed by atoms with Gasteiger partial charge in [-0.2, -0.15) is 6.08 Å². The summed E-state index contributed by atoms with van der Waals surface area (Å²) < 4.78 is 0. The number of rotatable bonds is 4. The van der Waals surface area contributed by atoms with Crippen molar-refractivity contribution in [3.63, 3.8) is 0 Å². The predicted octanol–water partition coefficient (Wildman–Crippen LogP) is 6.22. The van der Waals surface area contributed by atoms with Crippen molar-refractivity contribution in [2.24, 2.45) is 0 Å². The number of hydrogen-bond donors (Lipinski definition) is 0. The number of allylic oxidation sites excluding steroid dienone is 4. The average Bonchev–Trinajstić information content (AvgIpc) is 3.32. The van der Waals surface area contributed by atoms with Crippen LogP contribution in [0.5, 0.6) is 0 Å². The van der Waals surface area contributed by atoms with Crippen LogP contribution in [0, 0.1) is 6.08 Å². The Morgan fingerprint density at radius 3 is 1.39 bits per heavy atom. The van der Waals surface area contributed by atoms with Crippen LogP contribution in [0.1, 0.15) is 19.8 Å². The second-order valence-corrected chi connectivity index (χ2v) is 8.22. The normalized spacial score (nSPS) is 11.8. The van der Waals surface area contributed by atoms with E-state index in [1.165, 1.54) is 21.5 Å². The van der Waals surface area contributed by atoms with Gasteiger partial charge in [0.1, 0.15) is 0 Å². The molecule has 0 unspecified atom stereocenters. The Bertz CT molecular complexity index is 752. The van der Waals surface area contributed by atoms with Crippen LogP contribution < -0.4 is 15.9 Å². The van der Waals surface area contributed by atoms with Crippen LogP contribution in [0.2, 0.25) is 0 Å². The maximum absolute atomic E-state index is 4.26. The third kappa shape index (κ3) is 7.07. The fraction of sp³-hybridized carbons (Fsp3) is 0.120. The molecule has 147 valence electrons. The van der Waals surface area contributed by atoms with Crippen LogP contribution in [0.3, 0.4) is 0 Å². The van der Waals surface area contributed by atoms with E-state index >= 15 is 0 Å². The molecule has 4 rings (SSSR count). The van der Waals surface area contributed by atoms with Gasteiger partial charge in [0.15, 0.2) is 0 Å². The zero-order valence-corrected chi connectivity index (χ0v) is 18.5. The van der Waals surface area contributed by atoms with Crippen molar-refractivity contribution >= 4 is 34.0 Å². The first-order chi connectivity index (χ1) is 13.9. The molecular formula is C25H24ClNiP-. The van der Waals surface area contributed by atoms with Crippen molar-refractivity contribution in [3.8, 4) is 0 Å². The average molecular weight is 450 g/mol. The Balaban J connectivity index is 0.000000261. The van der Waals surface area contributed by atoms with Gasteiger partial charge in [-0.15, -0.1) is 6.42 Å². The summed E-state index contributed by atoms with van der Waals surface area (Å²) >= 11 is 3.35. The van der Waals surface area contributed by atoms with E-state index in [0.717, 1.165) is 12.8 Å². The largest absolute Gasteiger partial charge is 0.0622 e. The maximum atomic E-state index is 4.26. The third-order valence-corrected chi connectivity index (χ3v) is 6.63. The van der Waals surface area contributed by atoms with Crippen LogP contribution in [0.15, 0.2) is 109 Å². The topological polar surface area (TPSA) is 0 Å².